The van der Waals surface area contributed by atoms with E-state index in [1.807, 2.05) is 27.7 Å². The fourth-order valence-electron chi connectivity index (χ4n) is 2.33. The summed E-state index contributed by atoms with van der Waals surface area (Å²) in [4.78, 5) is 2.20. The maximum Gasteiger partial charge on any atom is 0.241 e. The van der Waals surface area contributed by atoms with Crippen LogP contribution in [0.2, 0.25) is 0 Å². The molecule has 0 amide bonds. The summed E-state index contributed by atoms with van der Waals surface area (Å²) in [6.07, 6.45) is 1.79. The summed E-state index contributed by atoms with van der Waals surface area (Å²) in [7, 11) is -3.43. The second-order valence-corrected chi connectivity index (χ2v) is 8.50. The lowest BCUT2D eigenvalue weighted by Crippen LogP contribution is -2.33. The van der Waals surface area contributed by atoms with Crippen LogP contribution in [-0.2, 0) is 10.0 Å². The van der Waals surface area contributed by atoms with Crippen molar-refractivity contribution in [1.82, 2.24) is 20.2 Å². The molecule has 0 aliphatic heterocycles. The SMILES string of the molecule is Cc1cc(S(=O)(=O)NCCN[C@@H](C)c2cn[nH]c2C)c(C)s1. The van der Waals surface area contributed by atoms with Crippen molar-refractivity contribution in [3.8, 4) is 0 Å². The molecule has 2 rings (SSSR count). The van der Waals surface area contributed by atoms with E-state index in [-0.39, 0.29) is 6.04 Å². The molecule has 0 unspecified atom stereocenters. The molecule has 0 aromatic carbocycles. The van der Waals surface area contributed by atoms with E-state index in [9.17, 15) is 8.42 Å². The van der Waals surface area contributed by atoms with Gasteiger partial charge in [0, 0.05) is 40.1 Å². The van der Waals surface area contributed by atoms with Crippen LogP contribution in [0.25, 0.3) is 0 Å². The van der Waals surface area contributed by atoms with Crippen LogP contribution in [0.15, 0.2) is 17.2 Å². The van der Waals surface area contributed by atoms with E-state index in [0.29, 0.717) is 18.0 Å². The van der Waals surface area contributed by atoms with Gasteiger partial charge in [0.25, 0.3) is 0 Å². The minimum absolute atomic E-state index is 0.119. The molecule has 0 spiro atoms. The van der Waals surface area contributed by atoms with Gasteiger partial charge in [-0.1, -0.05) is 0 Å². The quantitative estimate of drug-likeness (QED) is 0.672. The molecule has 122 valence electrons. The summed E-state index contributed by atoms with van der Waals surface area (Å²) in [5.74, 6) is 0. The molecule has 2 aromatic heterocycles. The molecule has 22 heavy (non-hydrogen) atoms. The van der Waals surface area contributed by atoms with Crippen LogP contribution < -0.4 is 10.0 Å². The van der Waals surface area contributed by atoms with E-state index in [4.69, 9.17) is 0 Å². The highest BCUT2D eigenvalue weighted by atomic mass is 32.2. The lowest BCUT2D eigenvalue weighted by atomic mass is 10.1. The van der Waals surface area contributed by atoms with Gasteiger partial charge in [0.05, 0.1) is 11.1 Å². The van der Waals surface area contributed by atoms with Crippen molar-refractivity contribution < 1.29 is 8.42 Å². The molecule has 0 saturated carbocycles. The van der Waals surface area contributed by atoms with Crippen molar-refractivity contribution in [1.29, 1.82) is 0 Å². The van der Waals surface area contributed by atoms with Crippen molar-refractivity contribution in [2.24, 2.45) is 0 Å². The third kappa shape index (κ3) is 3.95. The van der Waals surface area contributed by atoms with Gasteiger partial charge < -0.3 is 5.32 Å². The summed E-state index contributed by atoms with van der Waals surface area (Å²) in [5.41, 5.74) is 2.11. The van der Waals surface area contributed by atoms with E-state index in [1.165, 1.54) is 11.3 Å². The monoisotopic (exact) mass is 342 g/mol. The van der Waals surface area contributed by atoms with Gasteiger partial charge in [-0.15, -0.1) is 11.3 Å². The number of aromatic nitrogens is 2. The first-order valence-electron chi connectivity index (χ1n) is 7.11. The number of hydrogen-bond acceptors (Lipinski definition) is 5. The Morgan fingerprint density at radius 1 is 1.32 bits per heavy atom. The van der Waals surface area contributed by atoms with Gasteiger partial charge in [0.1, 0.15) is 0 Å². The number of thiophene rings is 1. The van der Waals surface area contributed by atoms with E-state index in [1.54, 1.807) is 12.3 Å². The Hall–Kier alpha value is -1.22. The first-order valence-corrected chi connectivity index (χ1v) is 9.41. The second-order valence-electron chi connectivity index (χ2n) is 5.30. The summed E-state index contributed by atoms with van der Waals surface area (Å²) < 4.78 is 27.1. The standard InChI is InChI=1S/C14H22N4O2S2/c1-9-7-14(12(4)21-9)22(19,20)17-6-5-15-10(2)13-8-16-18-11(13)3/h7-8,10,15,17H,5-6H2,1-4H3,(H,16,18)/t10-/m0/s1. The molecule has 0 aliphatic carbocycles. The normalized spacial score (nSPS) is 13.5. The van der Waals surface area contributed by atoms with Gasteiger partial charge in [0.15, 0.2) is 0 Å². The molecular weight excluding hydrogens is 320 g/mol. The summed E-state index contributed by atoms with van der Waals surface area (Å²) in [6, 6.07) is 1.83. The summed E-state index contributed by atoms with van der Waals surface area (Å²) in [5, 5.41) is 10.2. The molecule has 2 aromatic rings. The van der Waals surface area contributed by atoms with Crippen LogP contribution in [0.3, 0.4) is 0 Å². The van der Waals surface area contributed by atoms with Gasteiger partial charge in [-0.2, -0.15) is 5.10 Å². The molecule has 6 nitrogen and oxygen atoms in total. The first kappa shape index (κ1) is 17.1. The van der Waals surface area contributed by atoms with Crippen LogP contribution in [0.4, 0.5) is 0 Å². The molecule has 0 radical (unpaired) electrons. The minimum Gasteiger partial charge on any atom is -0.309 e. The predicted molar refractivity (Wildman–Crippen MR) is 88.7 cm³/mol. The van der Waals surface area contributed by atoms with Crippen LogP contribution in [0.5, 0.6) is 0 Å². The van der Waals surface area contributed by atoms with Crippen molar-refractivity contribution >= 4 is 21.4 Å². The maximum atomic E-state index is 12.2. The third-order valence-corrected chi connectivity index (χ3v) is 6.17. The van der Waals surface area contributed by atoms with Crippen molar-refractivity contribution in [3.63, 3.8) is 0 Å². The fourth-order valence-corrected chi connectivity index (χ4v) is 4.92. The number of aryl methyl sites for hydroxylation is 3. The average Bonchev–Trinajstić information content (AvgIpc) is 3.00. The highest BCUT2D eigenvalue weighted by Gasteiger charge is 2.18. The second kappa shape index (κ2) is 6.91. The Morgan fingerprint density at radius 3 is 2.59 bits per heavy atom. The Morgan fingerprint density at radius 2 is 2.05 bits per heavy atom. The van der Waals surface area contributed by atoms with Gasteiger partial charge in [0.2, 0.25) is 10.0 Å². The zero-order chi connectivity index (χ0) is 16.3. The van der Waals surface area contributed by atoms with E-state index < -0.39 is 10.0 Å². The van der Waals surface area contributed by atoms with E-state index in [2.05, 4.69) is 20.2 Å². The molecule has 2 heterocycles. The van der Waals surface area contributed by atoms with Crippen LogP contribution in [0.1, 0.15) is 34.0 Å². The van der Waals surface area contributed by atoms with Crippen molar-refractivity contribution in [2.45, 2.75) is 38.6 Å². The highest BCUT2D eigenvalue weighted by Crippen LogP contribution is 2.24. The minimum atomic E-state index is -3.43. The Kier molecular flexibility index (Phi) is 5.38. The molecule has 1 atom stereocenters. The number of sulfonamides is 1. The van der Waals surface area contributed by atoms with E-state index in [0.717, 1.165) is 21.0 Å². The zero-order valence-electron chi connectivity index (χ0n) is 13.2. The molecule has 0 saturated heterocycles. The number of aromatic amines is 1. The highest BCUT2D eigenvalue weighted by molar-refractivity contribution is 7.89. The molecular formula is C14H22N4O2S2. The van der Waals surface area contributed by atoms with Crippen molar-refractivity contribution in [2.75, 3.05) is 13.1 Å². The molecule has 0 fully saturated rings. The van der Waals surface area contributed by atoms with Crippen LogP contribution in [0, 0.1) is 20.8 Å². The van der Waals surface area contributed by atoms with Crippen LogP contribution in [-0.4, -0.2) is 31.7 Å². The topological polar surface area (TPSA) is 86.9 Å². The van der Waals surface area contributed by atoms with Gasteiger partial charge in [-0.05, 0) is 33.8 Å². The number of nitrogens with zero attached hydrogens (tertiary/aromatic N) is 1. The first-order chi connectivity index (χ1) is 10.3. The van der Waals surface area contributed by atoms with Crippen molar-refractivity contribution in [3.05, 3.63) is 33.3 Å². The third-order valence-electron chi connectivity index (χ3n) is 3.49. The smallest absolute Gasteiger partial charge is 0.241 e. The lowest BCUT2D eigenvalue weighted by Gasteiger charge is -2.13. The zero-order valence-corrected chi connectivity index (χ0v) is 14.9. The number of rotatable bonds is 7. The number of hydrogen-bond donors (Lipinski definition) is 3. The summed E-state index contributed by atoms with van der Waals surface area (Å²) >= 11 is 1.49. The Bertz CT molecular complexity index is 734. The van der Waals surface area contributed by atoms with Gasteiger partial charge in [-0.25, -0.2) is 13.1 Å². The Balaban J connectivity index is 1.86. The molecule has 0 bridgehead atoms. The molecule has 0 aliphatic rings. The molecule has 3 N–H and O–H groups in total. The van der Waals surface area contributed by atoms with Gasteiger partial charge in [-0.3, -0.25) is 5.10 Å². The molecule has 8 heteroatoms. The fraction of sp³-hybridized carbons (Fsp3) is 0.500. The Labute approximate surface area is 135 Å². The van der Waals surface area contributed by atoms with Gasteiger partial charge >= 0.3 is 0 Å². The largest absolute Gasteiger partial charge is 0.309 e. The lowest BCUT2D eigenvalue weighted by molar-refractivity contribution is 0.552. The van der Waals surface area contributed by atoms with Crippen LogP contribution >= 0.6 is 11.3 Å². The predicted octanol–water partition coefficient (Wildman–Crippen LogP) is 2.03. The summed E-state index contributed by atoms with van der Waals surface area (Å²) in [6.45, 7) is 8.62. The average molecular weight is 342 g/mol. The number of H-pyrrole nitrogens is 1. The number of nitrogens with one attached hydrogen (secondary N) is 3. The van der Waals surface area contributed by atoms with E-state index >= 15 is 0 Å². The maximum absolute atomic E-state index is 12.2.